The fourth-order valence-corrected chi connectivity index (χ4v) is 4.78. The first-order valence-electron chi connectivity index (χ1n) is 15.0. The van der Waals surface area contributed by atoms with Gasteiger partial charge in [0.05, 0.1) is 0 Å². The van der Waals surface area contributed by atoms with Gasteiger partial charge in [-0.25, -0.2) is 4.79 Å². The molecule has 0 bridgehead atoms. The van der Waals surface area contributed by atoms with E-state index in [1.165, 1.54) is 17.0 Å². The molecule has 0 fully saturated rings. The van der Waals surface area contributed by atoms with Gasteiger partial charge in [0.25, 0.3) is 5.91 Å². The number of hydrogen-bond acceptors (Lipinski definition) is 6. The van der Waals surface area contributed by atoms with Crippen LogP contribution in [0.1, 0.15) is 95.4 Å². The fourth-order valence-electron chi connectivity index (χ4n) is 4.78. The van der Waals surface area contributed by atoms with Crippen molar-refractivity contribution >= 4 is 29.5 Å². The molecule has 4 amide bonds. The van der Waals surface area contributed by atoms with Crippen LogP contribution in [-0.4, -0.2) is 52.0 Å². The van der Waals surface area contributed by atoms with E-state index in [-0.39, 0.29) is 25.1 Å². The summed E-state index contributed by atoms with van der Waals surface area (Å²) in [6.07, 6.45) is 3.47. The first kappa shape index (κ1) is 35.1. The molecule has 10 heteroatoms. The van der Waals surface area contributed by atoms with E-state index >= 15 is 0 Å². The Morgan fingerprint density at radius 1 is 0.953 bits per heavy atom. The molecule has 2 aromatic carbocycles. The molecule has 0 spiro atoms. The highest BCUT2D eigenvalue weighted by Gasteiger charge is 2.36. The standard InChI is InChI=1S/C33H48N4O6/c1-7-8-9-10-11-21-37(31(41)26(19-20-27(34)39)35-32(42)43-33(4,5)6)29(24-15-17-25(38)18-16-24)30(40)36-28-22(2)13-12-14-23(28)3/h12-18,26,29,38H,7-11,19-21H2,1-6H3,(H2,34,39)(H,35,42)(H,36,40). The van der Waals surface area contributed by atoms with E-state index in [1.807, 2.05) is 32.0 Å². The Kier molecular flexibility index (Phi) is 13.5. The Balaban J connectivity index is 2.57. The second-order valence-corrected chi connectivity index (χ2v) is 11.9. The number of ether oxygens (including phenoxy) is 1. The van der Waals surface area contributed by atoms with Gasteiger partial charge in [0, 0.05) is 18.7 Å². The minimum Gasteiger partial charge on any atom is -0.508 e. The molecule has 10 nitrogen and oxygen atoms in total. The Hall–Kier alpha value is -4.08. The Morgan fingerprint density at radius 2 is 1.56 bits per heavy atom. The van der Waals surface area contributed by atoms with E-state index in [9.17, 15) is 24.3 Å². The van der Waals surface area contributed by atoms with Crippen molar-refractivity contribution < 1.29 is 29.0 Å². The van der Waals surface area contributed by atoms with Crippen molar-refractivity contribution in [2.45, 2.75) is 104 Å². The quantitative estimate of drug-likeness (QED) is 0.195. The van der Waals surface area contributed by atoms with Crippen molar-refractivity contribution in [2.24, 2.45) is 5.73 Å². The van der Waals surface area contributed by atoms with E-state index in [4.69, 9.17) is 10.5 Å². The lowest BCUT2D eigenvalue weighted by atomic mass is 10.00. The number of hydrogen-bond donors (Lipinski definition) is 4. The number of nitrogens with two attached hydrogens (primary N) is 1. The number of carbonyl (C=O) groups excluding carboxylic acids is 4. The third-order valence-corrected chi connectivity index (χ3v) is 6.95. The van der Waals surface area contributed by atoms with Crippen molar-refractivity contribution in [3.63, 3.8) is 0 Å². The number of nitrogens with zero attached hydrogens (tertiary/aromatic N) is 1. The summed E-state index contributed by atoms with van der Waals surface area (Å²) in [6.45, 7) is 11.2. The highest BCUT2D eigenvalue weighted by atomic mass is 16.6. The van der Waals surface area contributed by atoms with Crippen LogP contribution >= 0.6 is 0 Å². The molecule has 2 aromatic rings. The average Bonchev–Trinajstić information content (AvgIpc) is 2.91. The summed E-state index contributed by atoms with van der Waals surface area (Å²) < 4.78 is 5.40. The lowest BCUT2D eigenvalue weighted by molar-refractivity contribution is -0.141. The number of alkyl carbamates (subject to hydrolysis) is 1. The summed E-state index contributed by atoms with van der Waals surface area (Å²) in [5, 5.41) is 15.6. The lowest BCUT2D eigenvalue weighted by Crippen LogP contribution is -2.53. The van der Waals surface area contributed by atoms with Gasteiger partial charge in [0.2, 0.25) is 11.8 Å². The Bertz CT molecular complexity index is 1220. The maximum absolute atomic E-state index is 14.3. The average molecular weight is 597 g/mol. The third-order valence-electron chi connectivity index (χ3n) is 6.95. The first-order chi connectivity index (χ1) is 20.2. The predicted octanol–water partition coefficient (Wildman–Crippen LogP) is 5.65. The third kappa shape index (κ3) is 11.6. The normalized spacial score (nSPS) is 12.6. The molecule has 0 heterocycles. The maximum Gasteiger partial charge on any atom is 0.408 e. The number of primary amides is 1. The zero-order chi connectivity index (χ0) is 32.2. The van der Waals surface area contributed by atoms with Gasteiger partial charge in [0.1, 0.15) is 23.4 Å². The van der Waals surface area contributed by atoms with E-state index in [2.05, 4.69) is 17.6 Å². The van der Waals surface area contributed by atoms with E-state index in [0.29, 0.717) is 17.7 Å². The number of phenols is 1. The van der Waals surface area contributed by atoms with Crippen LogP contribution < -0.4 is 16.4 Å². The Labute approximate surface area is 255 Å². The molecule has 0 aliphatic rings. The molecular formula is C33H48N4O6. The van der Waals surface area contributed by atoms with Crippen molar-refractivity contribution in [3.8, 4) is 5.75 Å². The second-order valence-electron chi connectivity index (χ2n) is 11.9. The molecule has 43 heavy (non-hydrogen) atoms. The number of rotatable bonds is 15. The van der Waals surface area contributed by atoms with Gasteiger partial charge >= 0.3 is 6.09 Å². The molecule has 0 aliphatic carbocycles. The molecule has 2 unspecified atom stereocenters. The minimum atomic E-state index is -1.18. The van der Waals surface area contributed by atoms with Crippen LogP contribution in [0, 0.1) is 13.8 Å². The molecule has 2 atom stereocenters. The SMILES string of the molecule is CCCCCCCN(C(=O)C(CCC(N)=O)NC(=O)OC(C)(C)C)C(C(=O)Nc1c(C)cccc1C)c1ccc(O)cc1. The van der Waals surface area contributed by atoms with Crippen molar-refractivity contribution in [1.82, 2.24) is 10.2 Å². The summed E-state index contributed by atoms with van der Waals surface area (Å²) in [5.41, 5.74) is 7.44. The molecule has 0 saturated carbocycles. The number of carbonyl (C=O) groups is 4. The number of amides is 4. The van der Waals surface area contributed by atoms with Crippen LogP contribution in [0.3, 0.4) is 0 Å². The van der Waals surface area contributed by atoms with Gasteiger partial charge < -0.3 is 31.1 Å². The number of anilines is 1. The summed E-state index contributed by atoms with van der Waals surface area (Å²) in [6, 6.07) is 9.52. The fraction of sp³-hybridized carbons (Fsp3) is 0.515. The molecule has 2 rings (SSSR count). The van der Waals surface area contributed by atoms with Gasteiger partial charge in [-0.05, 0) is 76.3 Å². The van der Waals surface area contributed by atoms with Gasteiger partial charge in [-0.2, -0.15) is 0 Å². The largest absolute Gasteiger partial charge is 0.508 e. The summed E-state index contributed by atoms with van der Waals surface area (Å²) in [7, 11) is 0. The van der Waals surface area contributed by atoms with Crippen LogP contribution in [-0.2, 0) is 19.1 Å². The molecule has 5 N–H and O–H groups in total. The summed E-state index contributed by atoms with van der Waals surface area (Å²) >= 11 is 0. The highest BCUT2D eigenvalue weighted by molar-refractivity contribution is 6.00. The smallest absolute Gasteiger partial charge is 0.408 e. The number of aromatic hydroxyl groups is 1. The number of phenolic OH excluding ortho intramolecular Hbond substituents is 1. The number of aryl methyl sites for hydroxylation is 2. The summed E-state index contributed by atoms with van der Waals surface area (Å²) in [5.74, 6) is -1.60. The topological polar surface area (TPSA) is 151 Å². The number of nitrogens with one attached hydrogen (secondary N) is 2. The molecule has 0 aliphatic heterocycles. The van der Waals surface area contributed by atoms with E-state index in [1.54, 1.807) is 32.9 Å². The van der Waals surface area contributed by atoms with Gasteiger partial charge in [-0.3, -0.25) is 14.4 Å². The number of benzene rings is 2. The predicted molar refractivity (Wildman–Crippen MR) is 167 cm³/mol. The first-order valence-corrected chi connectivity index (χ1v) is 15.0. The molecule has 0 radical (unpaired) electrons. The molecule has 0 saturated heterocycles. The molecular weight excluding hydrogens is 548 g/mol. The van der Waals surface area contributed by atoms with Crippen LogP contribution in [0.15, 0.2) is 42.5 Å². The van der Waals surface area contributed by atoms with E-state index in [0.717, 1.165) is 36.8 Å². The summed E-state index contributed by atoms with van der Waals surface area (Å²) in [4.78, 5) is 54.4. The van der Waals surface area contributed by atoms with Crippen molar-refractivity contribution in [1.29, 1.82) is 0 Å². The van der Waals surface area contributed by atoms with Gasteiger partial charge in [0.15, 0.2) is 0 Å². The van der Waals surface area contributed by atoms with Crippen molar-refractivity contribution in [3.05, 3.63) is 59.2 Å². The van der Waals surface area contributed by atoms with Crippen LogP contribution in [0.25, 0.3) is 0 Å². The van der Waals surface area contributed by atoms with Gasteiger partial charge in [-0.1, -0.05) is 62.9 Å². The van der Waals surface area contributed by atoms with Crippen molar-refractivity contribution in [2.75, 3.05) is 11.9 Å². The monoisotopic (exact) mass is 596 g/mol. The maximum atomic E-state index is 14.3. The van der Waals surface area contributed by atoms with Gasteiger partial charge in [-0.15, -0.1) is 0 Å². The minimum absolute atomic E-state index is 0.0148. The number of unbranched alkanes of at least 4 members (excludes halogenated alkanes) is 4. The highest BCUT2D eigenvalue weighted by Crippen LogP contribution is 2.29. The zero-order valence-corrected chi connectivity index (χ0v) is 26.4. The second kappa shape index (κ2) is 16.5. The molecule has 236 valence electrons. The number of para-hydroxylation sites is 1. The van der Waals surface area contributed by atoms with Crippen LogP contribution in [0.2, 0.25) is 0 Å². The molecule has 0 aromatic heterocycles. The van der Waals surface area contributed by atoms with Crippen LogP contribution in [0.4, 0.5) is 10.5 Å². The van der Waals surface area contributed by atoms with Crippen LogP contribution in [0.5, 0.6) is 5.75 Å². The zero-order valence-electron chi connectivity index (χ0n) is 26.4. The van der Waals surface area contributed by atoms with E-state index < -0.39 is 41.5 Å². The Morgan fingerprint density at radius 3 is 2.12 bits per heavy atom. The lowest BCUT2D eigenvalue weighted by Gasteiger charge is -2.35.